The molecule has 3 aromatic carbocycles. The Labute approximate surface area is 193 Å². The minimum Gasteiger partial charge on any atom is -0.486 e. The molecular formula is C25H17ClFN3O3. The molecule has 6 nitrogen and oxygen atoms in total. The maximum atomic E-state index is 14.9. The van der Waals surface area contributed by atoms with Gasteiger partial charge in [0, 0.05) is 15.8 Å². The summed E-state index contributed by atoms with van der Waals surface area (Å²) in [5.41, 5.74) is 2.59. The quantitative estimate of drug-likeness (QED) is 0.314. The smallest absolute Gasteiger partial charge is 0.360 e. The van der Waals surface area contributed by atoms with Gasteiger partial charge in [-0.25, -0.2) is 18.7 Å². The maximum absolute atomic E-state index is 14.9. The SMILES string of the molecule is COC(=O)c1c(OCc2ccccc2)c2cc(F)cc(-c3ccc(Cl)cc3)c2c2ncnn12. The molecule has 164 valence electrons. The van der Waals surface area contributed by atoms with E-state index >= 15 is 0 Å². The van der Waals surface area contributed by atoms with Crippen molar-refractivity contribution in [2.45, 2.75) is 6.61 Å². The molecule has 0 fully saturated rings. The number of hydrogen-bond acceptors (Lipinski definition) is 5. The third-order valence-electron chi connectivity index (χ3n) is 5.31. The van der Waals surface area contributed by atoms with Gasteiger partial charge in [0.2, 0.25) is 0 Å². The van der Waals surface area contributed by atoms with Crippen LogP contribution < -0.4 is 4.74 Å². The van der Waals surface area contributed by atoms with E-state index in [9.17, 15) is 9.18 Å². The van der Waals surface area contributed by atoms with E-state index < -0.39 is 11.8 Å². The largest absolute Gasteiger partial charge is 0.486 e. The van der Waals surface area contributed by atoms with Gasteiger partial charge in [0.05, 0.1) is 7.11 Å². The van der Waals surface area contributed by atoms with Gasteiger partial charge in [-0.05, 0) is 41.0 Å². The van der Waals surface area contributed by atoms with Crippen LogP contribution in [0.3, 0.4) is 0 Å². The Morgan fingerprint density at radius 2 is 1.85 bits per heavy atom. The van der Waals surface area contributed by atoms with Crippen LogP contribution in [0.4, 0.5) is 4.39 Å². The van der Waals surface area contributed by atoms with Crippen molar-refractivity contribution in [3.8, 4) is 16.9 Å². The fourth-order valence-corrected chi connectivity index (χ4v) is 3.96. The lowest BCUT2D eigenvalue weighted by molar-refractivity contribution is 0.0585. The molecule has 0 radical (unpaired) electrons. The number of methoxy groups -OCH3 is 1. The second-order valence-corrected chi connectivity index (χ2v) is 7.76. The molecule has 0 saturated heterocycles. The third kappa shape index (κ3) is 3.76. The Hall–Kier alpha value is -3.97. The van der Waals surface area contributed by atoms with Gasteiger partial charge in [-0.1, -0.05) is 54.1 Å². The van der Waals surface area contributed by atoms with E-state index in [1.807, 2.05) is 30.3 Å². The van der Waals surface area contributed by atoms with Gasteiger partial charge in [-0.2, -0.15) is 5.10 Å². The summed E-state index contributed by atoms with van der Waals surface area (Å²) in [5, 5.41) is 5.77. The van der Waals surface area contributed by atoms with Gasteiger partial charge in [0.25, 0.3) is 0 Å². The number of nitrogens with zero attached hydrogens (tertiary/aromatic N) is 3. The van der Waals surface area contributed by atoms with E-state index in [1.54, 1.807) is 24.3 Å². The summed E-state index contributed by atoms with van der Waals surface area (Å²) >= 11 is 6.05. The van der Waals surface area contributed by atoms with Crippen LogP contribution in [0.15, 0.2) is 73.1 Å². The molecule has 2 aromatic heterocycles. The van der Waals surface area contributed by atoms with Crippen LogP contribution in [0.2, 0.25) is 5.02 Å². The predicted molar refractivity (Wildman–Crippen MR) is 123 cm³/mol. The molecule has 0 N–H and O–H groups in total. The fourth-order valence-electron chi connectivity index (χ4n) is 3.84. The summed E-state index contributed by atoms with van der Waals surface area (Å²) in [4.78, 5) is 17.1. The minimum absolute atomic E-state index is 0.0288. The van der Waals surface area contributed by atoms with Gasteiger partial charge in [-0.15, -0.1) is 0 Å². The zero-order chi connectivity index (χ0) is 22.9. The van der Waals surface area contributed by atoms with E-state index in [0.29, 0.717) is 27.0 Å². The highest BCUT2D eigenvalue weighted by Crippen LogP contribution is 2.40. The zero-order valence-corrected chi connectivity index (χ0v) is 18.2. The summed E-state index contributed by atoms with van der Waals surface area (Å²) in [6.07, 6.45) is 1.33. The number of ether oxygens (including phenoxy) is 2. The average Bonchev–Trinajstić information content (AvgIpc) is 3.31. The van der Waals surface area contributed by atoms with E-state index in [0.717, 1.165) is 11.1 Å². The minimum atomic E-state index is -0.673. The van der Waals surface area contributed by atoms with Crippen molar-refractivity contribution in [2.24, 2.45) is 0 Å². The Balaban J connectivity index is 1.83. The molecule has 0 aliphatic rings. The molecule has 2 heterocycles. The van der Waals surface area contributed by atoms with Crippen LogP contribution in [0.5, 0.6) is 5.75 Å². The summed E-state index contributed by atoms with van der Waals surface area (Å²) in [6.45, 7) is 0.160. The fraction of sp³-hybridized carbons (Fsp3) is 0.0800. The van der Waals surface area contributed by atoms with Gasteiger partial charge in [0.15, 0.2) is 17.1 Å². The predicted octanol–water partition coefficient (Wildman–Crippen LogP) is 5.71. The highest BCUT2D eigenvalue weighted by Gasteiger charge is 2.26. The standard InChI is InChI=1S/C25H17ClFN3O3/c1-32-25(31)22-23(33-13-15-5-3-2-4-6-15)20-12-18(27)11-19(16-7-9-17(26)10-8-16)21(20)24-28-14-29-30(22)24/h2-12,14H,13H2,1H3. The van der Waals surface area contributed by atoms with E-state index in [-0.39, 0.29) is 18.1 Å². The number of carbonyl (C=O) groups is 1. The number of halogens is 2. The van der Waals surface area contributed by atoms with Crippen molar-refractivity contribution in [3.05, 3.63) is 95.2 Å². The summed E-state index contributed by atoms with van der Waals surface area (Å²) in [6, 6.07) is 19.2. The molecule has 5 aromatic rings. The van der Waals surface area contributed by atoms with Crippen LogP contribution in [-0.4, -0.2) is 27.7 Å². The number of aromatic nitrogens is 3. The number of benzene rings is 3. The lowest BCUT2D eigenvalue weighted by Gasteiger charge is -2.17. The summed E-state index contributed by atoms with van der Waals surface area (Å²) in [7, 11) is 1.26. The van der Waals surface area contributed by atoms with Gasteiger partial charge in [-0.3, -0.25) is 0 Å². The normalized spacial score (nSPS) is 11.1. The first-order chi connectivity index (χ1) is 16.1. The van der Waals surface area contributed by atoms with Crippen LogP contribution >= 0.6 is 11.6 Å². The molecule has 0 aliphatic heterocycles. The topological polar surface area (TPSA) is 65.7 Å². The molecule has 0 bridgehead atoms. The number of hydrogen-bond donors (Lipinski definition) is 0. The summed E-state index contributed by atoms with van der Waals surface area (Å²) in [5.74, 6) is -1.00. The molecule has 0 atom stereocenters. The van der Waals surface area contributed by atoms with Gasteiger partial charge < -0.3 is 9.47 Å². The highest BCUT2D eigenvalue weighted by molar-refractivity contribution is 6.30. The van der Waals surface area contributed by atoms with Crippen molar-refractivity contribution >= 4 is 34.0 Å². The molecule has 0 spiro atoms. The van der Waals surface area contributed by atoms with Crippen molar-refractivity contribution < 1.29 is 18.7 Å². The Bertz CT molecular complexity index is 1480. The Morgan fingerprint density at radius 1 is 1.09 bits per heavy atom. The van der Waals surface area contributed by atoms with Gasteiger partial charge in [0.1, 0.15) is 18.8 Å². The van der Waals surface area contributed by atoms with Crippen LogP contribution in [0.25, 0.3) is 27.5 Å². The van der Waals surface area contributed by atoms with Crippen molar-refractivity contribution in [2.75, 3.05) is 7.11 Å². The second kappa shape index (κ2) is 8.52. The maximum Gasteiger partial charge on any atom is 0.360 e. The lowest BCUT2D eigenvalue weighted by Crippen LogP contribution is -2.13. The van der Waals surface area contributed by atoms with E-state index in [2.05, 4.69) is 10.1 Å². The number of pyridine rings is 1. The molecule has 33 heavy (non-hydrogen) atoms. The third-order valence-corrected chi connectivity index (χ3v) is 5.56. The van der Waals surface area contributed by atoms with E-state index in [1.165, 1.54) is 30.1 Å². The van der Waals surface area contributed by atoms with Crippen LogP contribution in [0, 0.1) is 5.82 Å². The highest BCUT2D eigenvalue weighted by atomic mass is 35.5. The zero-order valence-electron chi connectivity index (χ0n) is 17.5. The molecule has 0 aliphatic carbocycles. The van der Waals surface area contributed by atoms with E-state index in [4.69, 9.17) is 21.1 Å². The molecule has 5 rings (SSSR count). The molecule has 0 saturated carbocycles. The number of carbonyl (C=O) groups excluding carboxylic acids is 1. The summed E-state index contributed by atoms with van der Waals surface area (Å²) < 4.78 is 27.4. The lowest BCUT2D eigenvalue weighted by atomic mass is 9.97. The molecule has 8 heteroatoms. The first-order valence-electron chi connectivity index (χ1n) is 10.1. The van der Waals surface area contributed by atoms with Crippen molar-refractivity contribution in [1.29, 1.82) is 0 Å². The Kier molecular flexibility index (Phi) is 5.40. The number of rotatable bonds is 5. The molecular weight excluding hydrogens is 445 g/mol. The van der Waals surface area contributed by atoms with Gasteiger partial charge >= 0.3 is 5.97 Å². The molecule has 0 unspecified atom stereocenters. The van der Waals surface area contributed by atoms with Crippen molar-refractivity contribution in [3.63, 3.8) is 0 Å². The first-order valence-corrected chi connectivity index (χ1v) is 10.4. The number of esters is 1. The monoisotopic (exact) mass is 461 g/mol. The van der Waals surface area contributed by atoms with Crippen LogP contribution in [-0.2, 0) is 11.3 Å². The second-order valence-electron chi connectivity index (χ2n) is 7.32. The Morgan fingerprint density at radius 3 is 2.58 bits per heavy atom. The van der Waals surface area contributed by atoms with Crippen LogP contribution in [0.1, 0.15) is 16.1 Å². The average molecular weight is 462 g/mol. The molecule has 0 amide bonds. The number of fused-ring (bicyclic) bond motifs is 3. The first kappa shape index (κ1) is 20.9. The van der Waals surface area contributed by atoms with Crippen molar-refractivity contribution in [1.82, 2.24) is 14.6 Å².